The minimum atomic E-state index is 0.0681. The summed E-state index contributed by atoms with van der Waals surface area (Å²) in [5.41, 5.74) is 4.05. The Bertz CT molecular complexity index is 1200. The Kier molecular flexibility index (Phi) is 9.90. The topological polar surface area (TPSA) is 55.4 Å². The molecule has 0 fully saturated rings. The highest BCUT2D eigenvalue weighted by Crippen LogP contribution is 2.40. The lowest BCUT2D eigenvalue weighted by atomic mass is 10.1. The molecule has 3 rings (SSSR count). The van der Waals surface area contributed by atoms with Gasteiger partial charge in [-0.15, -0.1) is 0 Å². The highest BCUT2D eigenvalue weighted by atomic mass is 16.5. The average molecular weight is 505 g/mol. The molecule has 0 amide bonds. The van der Waals surface area contributed by atoms with Gasteiger partial charge in [-0.1, -0.05) is 55.5 Å². The first-order chi connectivity index (χ1) is 18.0. The van der Waals surface area contributed by atoms with Crippen LogP contribution in [0.15, 0.2) is 48.5 Å². The Labute approximate surface area is 220 Å². The third kappa shape index (κ3) is 7.00. The molecule has 0 spiro atoms. The fourth-order valence-electron chi connectivity index (χ4n) is 3.73. The zero-order chi connectivity index (χ0) is 26.8. The van der Waals surface area contributed by atoms with Crippen LogP contribution in [0.25, 0.3) is 24.3 Å². The van der Waals surface area contributed by atoms with E-state index in [1.165, 1.54) is 0 Å². The zero-order valence-corrected chi connectivity index (χ0v) is 22.7. The van der Waals surface area contributed by atoms with Crippen molar-refractivity contribution in [3.8, 4) is 34.5 Å². The van der Waals surface area contributed by atoms with Gasteiger partial charge in [-0.2, -0.15) is 0 Å². The molecule has 6 nitrogen and oxygen atoms in total. The SMILES string of the molecule is CCC(C)Oc1cc(C=Cc2ccc(C=Cc3cc(OC)c(OC)c(OC)c3)cc2)cc(OC)c1OC. The molecule has 0 aromatic heterocycles. The number of rotatable bonds is 12. The number of hydrogen-bond acceptors (Lipinski definition) is 6. The third-order valence-corrected chi connectivity index (χ3v) is 5.93. The first kappa shape index (κ1) is 27.5. The molecule has 0 saturated heterocycles. The van der Waals surface area contributed by atoms with Crippen molar-refractivity contribution >= 4 is 24.3 Å². The molecule has 0 bridgehead atoms. The molecule has 0 heterocycles. The molecule has 0 aliphatic carbocycles. The number of hydrogen-bond donors (Lipinski definition) is 0. The second-order valence-electron chi connectivity index (χ2n) is 8.38. The van der Waals surface area contributed by atoms with E-state index in [9.17, 15) is 0 Å². The summed E-state index contributed by atoms with van der Waals surface area (Å²) in [6.45, 7) is 4.12. The van der Waals surface area contributed by atoms with Gasteiger partial charge in [-0.3, -0.25) is 0 Å². The van der Waals surface area contributed by atoms with Crippen LogP contribution in [0.5, 0.6) is 34.5 Å². The van der Waals surface area contributed by atoms with Gasteiger partial charge < -0.3 is 28.4 Å². The summed E-state index contributed by atoms with van der Waals surface area (Å²) in [5, 5.41) is 0. The van der Waals surface area contributed by atoms with E-state index in [0.717, 1.165) is 28.7 Å². The van der Waals surface area contributed by atoms with Crippen molar-refractivity contribution in [2.45, 2.75) is 26.4 Å². The molecule has 6 heteroatoms. The van der Waals surface area contributed by atoms with Crippen LogP contribution in [0.2, 0.25) is 0 Å². The smallest absolute Gasteiger partial charge is 0.203 e. The van der Waals surface area contributed by atoms with E-state index in [1.54, 1.807) is 35.5 Å². The van der Waals surface area contributed by atoms with Crippen molar-refractivity contribution in [1.29, 1.82) is 0 Å². The maximum Gasteiger partial charge on any atom is 0.203 e. The molecule has 37 heavy (non-hydrogen) atoms. The summed E-state index contributed by atoms with van der Waals surface area (Å²) in [7, 11) is 8.06. The lowest BCUT2D eigenvalue weighted by Gasteiger charge is -2.18. The molecular weight excluding hydrogens is 468 g/mol. The molecule has 0 saturated carbocycles. The summed E-state index contributed by atoms with van der Waals surface area (Å²) < 4.78 is 33.4. The lowest BCUT2D eigenvalue weighted by molar-refractivity contribution is 0.205. The van der Waals surface area contributed by atoms with Crippen LogP contribution in [0.1, 0.15) is 42.5 Å². The van der Waals surface area contributed by atoms with E-state index in [2.05, 4.69) is 37.3 Å². The highest BCUT2D eigenvalue weighted by molar-refractivity contribution is 5.75. The molecule has 0 radical (unpaired) electrons. The van der Waals surface area contributed by atoms with Gasteiger partial charge in [0.25, 0.3) is 0 Å². The predicted octanol–water partition coefficient (Wildman–Crippen LogP) is 7.25. The van der Waals surface area contributed by atoms with Gasteiger partial charge in [0.2, 0.25) is 11.5 Å². The fourth-order valence-corrected chi connectivity index (χ4v) is 3.73. The predicted molar refractivity (Wildman–Crippen MR) is 150 cm³/mol. The Balaban J connectivity index is 1.79. The van der Waals surface area contributed by atoms with Crippen LogP contribution >= 0.6 is 0 Å². The van der Waals surface area contributed by atoms with Crippen LogP contribution in [-0.4, -0.2) is 41.7 Å². The van der Waals surface area contributed by atoms with Crippen LogP contribution in [0.3, 0.4) is 0 Å². The van der Waals surface area contributed by atoms with Gasteiger partial charge in [0.05, 0.1) is 41.7 Å². The average Bonchev–Trinajstić information content (AvgIpc) is 2.94. The second kappa shape index (κ2) is 13.3. The molecule has 1 unspecified atom stereocenters. The Morgan fingerprint density at radius 1 is 0.541 bits per heavy atom. The summed E-state index contributed by atoms with van der Waals surface area (Å²) in [6, 6.07) is 16.0. The van der Waals surface area contributed by atoms with Crippen LogP contribution in [-0.2, 0) is 0 Å². The standard InChI is InChI=1S/C31H36O6/c1-8-21(2)37-29-20-25(19-28(34-5)31(29)36-7)16-14-23-11-9-22(10-12-23)13-15-24-17-26(32-3)30(35-6)27(18-24)33-4/h9-21H,8H2,1-7H3. The summed E-state index contributed by atoms with van der Waals surface area (Å²) >= 11 is 0. The first-order valence-electron chi connectivity index (χ1n) is 12.1. The van der Waals surface area contributed by atoms with Crippen molar-refractivity contribution in [1.82, 2.24) is 0 Å². The van der Waals surface area contributed by atoms with Crippen LogP contribution in [0.4, 0.5) is 0 Å². The van der Waals surface area contributed by atoms with Gasteiger partial charge in [0.1, 0.15) is 0 Å². The summed E-state index contributed by atoms with van der Waals surface area (Å²) in [5.74, 6) is 3.72. The maximum atomic E-state index is 6.07. The van der Waals surface area contributed by atoms with E-state index < -0.39 is 0 Å². The Hall–Kier alpha value is -4.06. The molecule has 3 aromatic rings. The van der Waals surface area contributed by atoms with Crippen molar-refractivity contribution in [3.63, 3.8) is 0 Å². The quantitative estimate of drug-likeness (QED) is 0.242. The molecule has 3 aromatic carbocycles. The minimum absolute atomic E-state index is 0.0681. The first-order valence-corrected chi connectivity index (χ1v) is 12.1. The number of benzene rings is 3. The molecule has 0 aliphatic rings. The summed E-state index contributed by atoms with van der Waals surface area (Å²) in [4.78, 5) is 0. The Morgan fingerprint density at radius 2 is 0.892 bits per heavy atom. The largest absolute Gasteiger partial charge is 0.493 e. The number of methoxy groups -OCH3 is 5. The maximum absolute atomic E-state index is 6.07. The molecule has 1 atom stereocenters. The molecular formula is C31H36O6. The molecule has 0 N–H and O–H groups in total. The van der Waals surface area contributed by atoms with Gasteiger partial charge in [-0.05, 0) is 59.9 Å². The van der Waals surface area contributed by atoms with E-state index in [-0.39, 0.29) is 6.10 Å². The normalized spacial score (nSPS) is 12.0. The van der Waals surface area contributed by atoms with Crippen molar-refractivity contribution in [2.24, 2.45) is 0 Å². The van der Waals surface area contributed by atoms with Gasteiger partial charge in [0.15, 0.2) is 23.0 Å². The molecule has 0 aliphatic heterocycles. The van der Waals surface area contributed by atoms with E-state index in [4.69, 9.17) is 28.4 Å². The van der Waals surface area contributed by atoms with Gasteiger partial charge in [0, 0.05) is 0 Å². The third-order valence-electron chi connectivity index (χ3n) is 5.93. The van der Waals surface area contributed by atoms with Crippen LogP contribution in [0, 0.1) is 0 Å². The monoisotopic (exact) mass is 504 g/mol. The van der Waals surface area contributed by atoms with Crippen molar-refractivity contribution in [3.05, 3.63) is 70.8 Å². The second-order valence-corrected chi connectivity index (χ2v) is 8.38. The van der Waals surface area contributed by atoms with Gasteiger partial charge >= 0.3 is 0 Å². The van der Waals surface area contributed by atoms with E-state index in [1.807, 2.05) is 49.4 Å². The lowest BCUT2D eigenvalue weighted by Crippen LogP contribution is -2.11. The Morgan fingerprint density at radius 3 is 1.24 bits per heavy atom. The highest BCUT2D eigenvalue weighted by Gasteiger charge is 2.15. The summed E-state index contributed by atoms with van der Waals surface area (Å²) in [6.07, 6.45) is 9.11. The number of ether oxygens (including phenoxy) is 6. The van der Waals surface area contributed by atoms with E-state index in [0.29, 0.717) is 34.5 Å². The van der Waals surface area contributed by atoms with Crippen molar-refractivity contribution in [2.75, 3.05) is 35.5 Å². The molecule has 196 valence electrons. The van der Waals surface area contributed by atoms with Crippen LogP contribution < -0.4 is 28.4 Å². The minimum Gasteiger partial charge on any atom is -0.493 e. The van der Waals surface area contributed by atoms with Gasteiger partial charge in [-0.25, -0.2) is 0 Å². The van der Waals surface area contributed by atoms with E-state index >= 15 is 0 Å². The van der Waals surface area contributed by atoms with Crippen molar-refractivity contribution < 1.29 is 28.4 Å². The zero-order valence-electron chi connectivity index (χ0n) is 22.7. The fraction of sp³-hybridized carbons (Fsp3) is 0.290.